The number of nitrogens with zero attached hydrogens (tertiary/aromatic N) is 4. The molecule has 2 fully saturated rings. The van der Waals surface area contributed by atoms with Crippen molar-refractivity contribution in [3.63, 3.8) is 0 Å². The zero-order chi connectivity index (χ0) is 29.7. The molecule has 12 heteroatoms. The Balaban J connectivity index is 1.15. The number of nitrogens with one attached hydrogen (secondary N) is 1. The van der Waals surface area contributed by atoms with E-state index >= 15 is 0 Å². The first-order valence-corrected chi connectivity index (χ1v) is 16.7. The maximum Gasteiger partial charge on any atom is 0.302 e. The second kappa shape index (κ2) is 13.1. The third-order valence-corrected chi connectivity index (χ3v) is 9.02. The highest BCUT2D eigenvalue weighted by molar-refractivity contribution is 7.90. The van der Waals surface area contributed by atoms with E-state index in [2.05, 4.69) is 10.3 Å². The second-order valence-electron chi connectivity index (χ2n) is 11.3. The molecule has 1 saturated heterocycles. The standard InChI is InChI=1S/C30H39N5O6S/c1-21(36)41-24-12-16-34(17-13-24)29(37)22-7-9-23(10-8-22)32-30-31-15-11-28(33-30)35-18-14-25-26(35)5-3-6-27(25)40-19-4-20-42(2,38)39/h3,5-6,11,14-15,18,22-24H,4,7-10,12-13,16-17,19-20H2,1-2H3,(H,31,32,33)/t22-,23-. The lowest BCUT2D eigenvalue weighted by molar-refractivity contribution is -0.150. The molecule has 1 aliphatic carbocycles. The van der Waals surface area contributed by atoms with Gasteiger partial charge in [-0.2, -0.15) is 4.98 Å². The van der Waals surface area contributed by atoms with Crippen LogP contribution in [0.1, 0.15) is 51.9 Å². The molecule has 2 aromatic heterocycles. The van der Waals surface area contributed by atoms with E-state index in [0.29, 0.717) is 50.7 Å². The van der Waals surface area contributed by atoms with E-state index in [1.807, 2.05) is 46.0 Å². The van der Waals surface area contributed by atoms with Gasteiger partial charge in [-0.25, -0.2) is 13.4 Å². The number of benzene rings is 1. The molecule has 0 atom stereocenters. The summed E-state index contributed by atoms with van der Waals surface area (Å²) in [6.45, 7) is 3.02. The van der Waals surface area contributed by atoms with Gasteiger partial charge < -0.3 is 24.3 Å². The Morgan fingerprint density at radius 3 is 2.52 bits per heavy atom. The molecule has 0 radical (unpaired) electrons. The van der Waals surface area contributed by atoms with E-state index in [4.69, 9.17) is 14.5 Å². The molecule has 3 heterocycles. The normalized spacial score (nSPS) is 19.9. The number of amides is 1. The molecule has 0 spiro atoms. The maximum absolute atomic E-state index is 13.1. The van der Waals surface area contributed by atoms with Gasteiger partial charge in [-0.3, -0.25) is 9.59 Å². The van der Waals surface area contributed by atoms with Crippen molar-refractivity contribution in [2.75, 3.05) is 37.0 Å². The molecule has 5 rings (SSSR count). The number of likely N-dealkylation sites (tertiary alicyclic amines) is 1. The van der Waals surface area contributed by atoms with Crippen LogP contribution in [0.15, 0.2) is 42.7 Å². The summed E-state index contributed by atoms with van der Waals surface area (Å²) in [6.07, 6.45) is 10.0. The van der Waals surface area contributed by atoms with Crippen molar-refractivity contribution < 1.29 is 27.5 Å². The molecular weight excluding hydrogens is 558 g/mol. The molecule has 2 aliphatic rings. The molecule has 1 aliphatic heterocycles. The van der Waals surface area contributed by atoms with E-state index < -0.39 is 9.84 Å². The summed E-state index contributed by atoms with van der Waals surface area (Å²) in [5.41, 5.74) is 0.927. The second-order valence-corrected chi connectivity index (χ2v) is 13.5. The number of ether oxygens (including phenoxy) is 2. The Hall–Kier alpha value is -3.67. The smallest absolute Gasteiger partial charge is 0.302 e. The van der Waals surface area contributed by atoms with Gasteiger partial charge in [0.15, 0.2) is 0 Å². The number of aromatic nitrogens is 3. The monoisotopic (exact) mass is 597 g/mol. The Morgan fingerprint density at radius 1 is 1.05 bits per heavy atom. The van der Waals surface area contributed by atoms with Crippen molar-refractivity contribution in [1.29, 1.82) is 0 Å². The van der Waals surface area contributed by atoms with Gasteiger partial charge in [0.25, 0.3) is 0 Å². The number of carbonyl (C=O) groups is 2. The SMILES string of the molecule is CC(=O)OC1CCN(C(=O)[C@H]2CC[C@H](Nc3nccc(-n4ccc5c(OCCCS(C)(=O)=O)cccc54)n3)CC2)CC1. The number of piperidine rings is 1. The minimum absolute atomic E-state index is 0.0228. The fraction of sp³-hybridized carbons (Fsp3) is 0.533. The van der Waals surface area contributed by atoms with Crippen molar-refractivity contribution in [3.05, 3.63) is 42.7 Å². The zero-order valence-electron chi connectivity index (χ0n) is 24.2. The number of rotatable bonds is 10. The summed E-state index contributed by atoms with van der Waals surface area (Å²) in [4.78, 5) is 35.5. The number of hydrogen-bond donors (Lipinski definition) is 1. The minimum Gasteiger partial charge on any atom is -0.493 e. The fourth-order valence-corrected chi connectivity index (χ4v) is 6.52. The van der Waals surface area contributed by atoms with Crippen LogP contribution >= 0.6 is 0 Å². The molecule has 0 bridgehead atoms. The maximum atomic E-state index is 13.1. The zero-order valence-corrected chi connectivity index (χ0v) is 25.0. The van der Waals surface area contributed by atoms with Crippen molar-refractivity contribution >= 4 is 38.6 Å². The van der Waals surface area contributed by atoms with Crippen molar-refractivity contribution in [1.82, 2.24) is 19.4 Å². The average Bonchev–Trinajstić information content (AvgIpc) is 3.40. The Morgan fingerprint density at radius 2 is 1.81 bits per heavy atom. The summed E-state index contributed by atoms with van der Waals surface area (Å²) < 4.78 is 36.0. The quantitative estimate of drug-likeness (QED) is 0.274. The number of hydrogen-bond acceptors (Lipinski definition) is 9. The minimum atomic E-state index is -3.02. The first-order valence-electron chi connectivity index (χ1n) is 14.6. The van der Waals surface area contributed by atoms with Crippen LogP contribution in [-0.2, 0) is 24.2 Å². The molecular formula is C30H39N5O6S. The van der Waals surface area contributed by atoms with Crippen molar-refractivity contribution in [2.45, 2.75) is 64.0 Å². The van der Waals surface area contributed by atoms with Gasteiger partial charge >= 0.3 is 5.97 Å². The summed E-state index contributed by atoms with van der Waals surface area (Å²) >= 11 is 0. The lowest BCUT2D eigenvalue weighted by Crippen LogP contribution is -2.45. The predicted molar refractivity (Wildman–Crippen MR) is 159 cm³/mol. The van der Waals surface area contributed by atoms with Crippen LogP contribution in [0.4, 0.5) is 5.95 Å². The van der Waals surface area contributed by atoms with E-state index in [9.17, 15) is 18.0 Å². The first-order chi connectivity index (χ1) is 20.2. The highest BCUT2D eigenvalue weighted by atomic mass is 32.2. The lowest BCUT2D eigenvalue weighted by Gasteiger charge is -2.36. The van der Waals surface area contributed by atoms with Crippen LogP contribution in [0.5, 0.6) is 5.75 Å². The van der Waals surface area contributed by atoms with Gasteiger partial charge in [0, 0.05) is 68.9 Å². The Labute approximate surface area is 246 Å². The van der Waals surface area contributed by atoms with Gasteiger partial charge in [0.05, 0.1) is 17.9 Å². The molecule has 1 aromatic carbocycles. The molecule has 3 aromatic rings. The summed E-state index contributed by atoms with van der Waals surface area (Å²) in [6, 6.07) is 9.79. The number of anilines is 1. The fourth-order valence-electron chi connectivity index (χ4n) is 5.88. The third-order valence-electron chi connectivity index (χ3n) is 7.99. The van der Waals surface area contributed by atoms with Crippen LogP contribution in [-0.4, -0.2) is 83.6 Å². The van der Waals surface area contributed by atoms with Crippen LogP contribution in [0.25, 0.3) is 16.7 Å². The summed E-state index contributed by atoms with van der Waals surface area (Å²) in [5.74, 6) is 2.04. The molecule has 1 N–H and O–H groups in total. The number of esters is 1. The van der Waals surface area contributed by atoms with Crippen LogP contribution in [0.2, 0.25) is 0 Å². The van der Waals surface area contributed by atoms with Gasteiger partial charge in [-0.05, 0) is 56.4 Å². The molecule has 226 valence electrons. The lowest BCUT2D eigenvalue weighted by atomic mass is 9.85. The summed E-state index contributed by atoms with van der Waals surface area (Å²) in [5, 5.41) is 4.39. The van der Waals surface area contributed by atoms with E-state index in [1.165, 1.54) is 13.2 Å². The highest BCUT2D eigenvalue weighted by Gasteiger charge is 2.32. The summed E-state index contributed by atoms with van der Waals surface area (Å²) in [7, 11) is -3.02. The van der Waals surface area contributed by atoms with Gasteiger partial charge in [-0.15, -0.1) is 0 Å². The molecule has 1 amide bonds. The van der Waals surface area contributed by atoms with Gasteiger partial charge in [0.1, 0.15) is 27.5 Å². The predicted octanol–water partition coefficient (Wildman–Crippen LogP) is 3.76. The number of sulfone groups is 1. The Kier molecular flexibility index (Phi) is 9.30. The van der Waals surface area contributed by atoms with Gasteiger partial charge in [0.2, 0.25) is 11.9 Å². The number of fused-ring (bicyclic) bond motifs is 1. The average molecular weight is 598 g/mol. The van der Waals surface area contributed by atoms with Crippen molar-refractivity contribution in [2.24, 2.45) is 5.92 Å². The molecule has 42 heavy (non-hydrogen) atoms. The van der Waals surface area contributed by atoms with E-state index in [-0.39, 0.29) is 35.7 Å². The van der Waals surface area contributed by atoms with Crippen LogP contribution in [0.3, 0.4) is 0 Å². The number of carbonyl (C=O) groups excluding carboxylic acids is 2. The van der Waals surface area contributed by atoms with Gasteiger partial charge in [-0.1, -0.05) is 6.07 Å². The van der Waals surface area contributed by atoms with Crippen molar-refractivity contribution in [3.8, 4) is 11.6 Å². The highest BCUT2D eigenvalue weighted by Crippen LogP contribution is 2.30. The topological polar surface area (TPSA) is 133 Å². The first kappa shape index (κ1) is 29.8. The Bertz CT molecular complexity index is 1510. The van der Waals surface area contributed by atoms with Crippen LogP contribution in [0, 0.1) is 5.92 Å². The van der Waals surface area contributed by atoms with E-state index in [1.54, 1.807) is 6.20 Å². The molecule has 1 saturated carbocycles. The van der Waals surface area contributed by atoms with E-state index in [0.717, 1.165) is 42.4 Å². The molecule has 11 nitrogen and oxygen atoms in total. The third kappa shape index (κ3) is 7.58. The largest absolute Gasteiger partial charge is 0.493 e. The van der Waals surface area contributed by atoms with Crippen LogP contribution < -0.4 is 10.1 Å². The molecule has 0 unspecified atom stereocenters.